The lowest BCUT2D eigenvalue weighted by Crippen LogP contribution is -2.36. The Morgan fingerprint density at radius 3 is 2.67 bits per heavy atom. The zero-order valence-corrected chi connectivity index (χ0v) is 13.6. The summed E-state index contributed by atoms with van der Waals surface area (Å²) in [6.07, 6.45) is 5.36. The largest absolute Gasteiger partial charge is 0.444 e. The topological polar surface area (TPSA) is 64.5 Å². The first kappa shape index (κ1) is 16.5. The molecule has 0 amide bonds. The molecule has 120 valence electrons. The van der Waals surface area contributed by atoms with Gasteiger partial charge in [0.2, 0.25) is 5.89 Å². The molecule has 1 saturated heterocycles. The molecule has 1 aromatic rings. The maximum absolute atomic E-state index is 5.86. The minimum Gasteiger partial charge on any atom is -0.444 e. The predicted molar refractivity (Wildman–Crippen MR) is 83.1 cm³/mol. The standard InChI is InChI=1S/C16H29N3O2/c1-16(2,3)14-11-18-15(21-14)12-19-8-5-13(6-9-19)20-10-4-7-17/h11,13H,4-10,12,17H2,1-3H3. The third-order valence-corrected chi connectivity index (χ3v) is 3.89. The predicted octanol–water partition coefficient (Wildman–Crippen LogP) is 2.30. The van der Waals surface area contributed by atoms with Crippen molar-refractivity contribution in [1.29, 1.82) is 0 Å². The fourth-order valence-electron chi connectivity index (χ4n) is 2.49. The van der Waals surface area contributed by atoms with Crippen LogP contribution in [-0.2, 0) is 16.7 Å². The van der Waals surface area contributed by atoms with E-state index in [0.29, 0.717) is 12.6 Å². The van der Waals surface area contributed by atoms with Crippen LogP contribution in [0.4, 0.5) is 0 Å². The first-order chi connectivity index (χ1) is 9.99. The van der Waals surface area contributed by atoms with Crippen LogP contribution in [-0.4, -0.2) is 42.2 Å². The van der Waals surface area contributed by atoms with Gasteiger partial charge in [0.05, 0.1) is 18.8 Å². The average molecular weight is 295 g/mol. The Kier molecular flexibility index (Phi) is 5.79. The van der Waals surface area contributed by atoms with Crippen molar-refractivity contribution in [2.24, 2.45) is 5.73 Å². The van der Waals surface area contributed by atoms with Gasteiger partial charge in [0.15, 0.2) is 0 Å². The average Bonchev–Trinajstić information content (AvgIpc) is 2.90. The number of piperidine rings is 1. The van der Waals surface area contributed by atoms with Crippen LogP contribution in [0.3, 0.4) is 0 Å². The minimum atomic E-state index is 0.0229. The number of hydrogen-bond acceptors (Lipinski definition) is 5. The molecule has 0 radical (unpaired) electrons. The Bertz CT molecular complexity index is 417. The number of hydrogen-bond donors (Lipinski definition) is 1. The Hall–Kier alpha value is -0.910. The van der Waals surface area contributed by atoms with E-state index in [0.717, 1.165) is 57.2 Å². The van der Waals surface area contributed by atoms with Gasteiger partial charge in [-0.15, -0.1) is 0 Å². The van der Waals surface area contributed by atoms with Gasteiger partial charge in [-0.2, -0.15) is 0 Å². The van der Waals surface area contributed by atoms with E-state index in [2.05, 4.69) is 30.7 Å². The van der Waals surface area contributed by atoms with Crippen LogP contribution in [0.25, 0.3) is 0 Å². The van der Waals surface area contributed by atoms with E-state index in [4.69, 9.17) is 14.9 Å². The zero-order valence-electron chi connectivity index (χ0n) is 13.6. The van der Waals surface area contributed by atoms with Gasteiger partial charge in [-0.25, -0.2) is 4.98 Å². The van der Waals surface area contributed by atoms with Crippen molar-refractivity contribution in [1.82, 2.24) is 9.88 Å². The van der Waals surface area contributed by atoms with Crippen molar-refractivity contribution in [2.75, 3.05) is 26.2 Å². The molecule has 0 saturated carbocycles. The highest BCUT2D eigenvalue weighted by atomic mass is 16.5. The lowest BCUT2D eigenvalue weighted by atomic mass is 9.94. The molecule has 0 unspecified atom stereocenters. The Labute approximate surface area is 127 Å². The molecule has 0 aromatic carbocycles. The van der Waals surface area contributed by atoms with Crippen LogP contribution in [0.1, 0.15) is 51.7 Å². The SMILES string of the molecule is CC(C)(C)c1cnc(CN2CCC(OCCCN)CC2)o1. The van der Waals surface area contributed by atoms with E-state index >= 15 is 0 Å². The Morgan fingerprint density at radius 2 is 2.10 bits per heavy atom. The first-order valence-corrected chi connectivity index (χ1v) is 7.98. The molecule has 21 heavy (non-hydrogen) atoms. The summed E-state index contributed by atoms with van der Waals surface area (Å²) in [6.45, 7) is 10.8. The summed E-state index contributed by atoms with van der Waals surface area (Å²) >= 11 is 0. The summed E-state index contributed by atoms with van der Waals surface area (Å²) in [5, 5.41) is 0. The highest BCUT2D eigenvalue weighted by Crippen LogP contribution is 2.23. The van der Waals surface area contributed by atoms with E-state index in [9.17, 15) is 0 Å². The molecule has 1 aromatic heterocycles. The number of nitrogens with zero attached hydrogens (tertiary/aromatic N) is 2. The second-order valence-electron chi connectivity index (χ2n) is 6.86. The van der Waals surface area contributed by atoms with Crippen LogP contribution >= 0.6 is 0 Å². The molecule has 0 bridgehead atoms. The van der Waals surface area contributed by atoms with Gasteiger partial charge in [-0.3, -0.25) is 4.90 Å². The smallest absolute Gasteiger partial charge is 0.208 e. The lowest BCUT2D eigenvalue weighted by Gasteiger charge is -2.31. The van der Waals surface area contributed by atoms with Crippen LogP contribution < -0.4 is 5.73 Å². The number of nitrogens with two attached hydrogens (primary N) is 1. The van der Waals surface area contributed by atoms with Gasteiger partial charge < -0.3 is 14.9 Å². The van der Waals surface area contributed by atoms with Gasteiger partial charge in [0.25, 0.3) is 0 Å². The van der Waals surface area contributed by atoms with E-state index in [-0.39, 0.29) is 5.41 Å². The Balaban J connectivity index is 1.74. The fourth-order valence-corrected chi connectivity index (χ4v) is 2.49. The van der Waals surface area contributed by atoms with Crippen LogP contribution in [0.2, 0.25) is 0 Å². The van der Waals surface area contributed by atoms with E-state index in [1.807, 2.05) is 6.20 Å². The van der Waals surface area contributed by atoms with Gasteiger partial charge in [-0.1, -0.05) is 20.8 Å². The van der Waals surface area contributed by atoms with Crippen molar-refractivity contribution < 1.29 is 9.15 Å². The maximum atomic E-state index is 5.86. The molecule has 0 aliphatic carbocycles. The summed E-state index contributed by atoms with van der Waals surface area (Å²) in [4.78, 5) is 6.79. The number of likely N-dealkylation sites (tertiary alicyclic amines) is 1. The minimum absolute atomic E-state index is 0.0229. The number of rotatable bonds is 6. The van der Waals surface area contributed by atoms with Gasteiger partial charge in [-0.05, 0) is 25.8 Å². The summed E-state index contributed by atoms with van der Waals surface area (Å²) in [6, 6.07) is 0. The number of ether oxygens (including phenoxy) is 1. The second kappa shape index (κ2) is 7.38. The number of aromatic nitrogens is 1. The van der Waals surface area contributed by atoms with Crippen molar-refractivity contribution in [2.45, 2.75) is 58.1 Å². The van der Waals surface area contributed by atoms with Crippen molar-refractivity contribution in [3.8, 4) is 0 Å². The molecule has 2 rings (SSSR count). The second-order valence-corrected chi connectivity index (χ2v) is 6.86. The molecule has 0 spiro atoms. The van der Waals surface area contributed by atoms with E-state index in [1.54, 1.807) is 0 Å². The van der Waals surface area contributed by atoms with Crippen LogP contribution in [0.5, 0.6) is 0 Å². The fraction of sp³-hybridized carbons (Fsp3) is 0.812. The molecule has 0 atom stereocenters. The van der Waals surface area contributed by atoms with E-state index in [1.165, 1.54) is 0 Å². The summed E-state index contributed by atoms with van der Waals surface area (Å²) in [5.74, 6) is 1.78. The maximum Gasteiger partial charge on any atom is 0.208 e. The molecule has 1 fully saturated rings. The molecule has 5 heteroatoms. The zero-order chi connectivity index (χ0) is 15.3. The van der Waals surface area contributed by atoms with Gasteiger partial charge >= 0.3 is 0 Å². The molecular weight excluding hydrogens is 266 g/mol. The molecule has 1 aliphatic rings. The first-order valence-electron chi connectivity index (χ1n) is 7.98. The monoisotopic (exact) mass is 295 g/mol. The highest BCUT2D eigenvalue weighted by Gasteiger charge is 2.23. The van der Waals surface area contributed by atoms with Crippen LogP contribution in [0, 0.1) is 0 Å². The van der Waals surface area contributed by atoms with Crippen molar-refractivity contribution in [3.05, 3.63) is 17.8 Å². The molecule has 1 aliphatic heterocycles. The Morgan fingerprint density at radius 1 is 1.38 bits per heavy atom. The quantitative estimate of drug-likeness (QED) is 0.816. The molecule has 2 N–H and O–H groups in total. The molecule has 5 nitrogen and oxygen atoms in total. The van der Waals surface area contributed by atoms with E-state index < -0.39 is 0 Å². The summed E-state index contributed by atoms with van der Waals surface area (Å²) in [5.41, 5.74) is 5.50. The van der Waals surface area contributed by atoms with Gasteiger partial charge in [0, 0.05) is 25.1 Å². The highest BCUT2D eigenvalue weighted by molar-refractivity contribution is 5.06. The number of oxazole rings is 1. The summed E-state index contributed by atoms with van der Waals surface area (Å²) in [7, 11) is 0. The third-order valence-electron chi connectivity index (χ3n) is 3.89. The normalized spacial score (nSPS) is 18.3. The van der Waals surface area contributed by atoms with Gasteiger partial charge in [0.1, 0.15) is 5.76 Å². The van der Waals surface area contributed by atoms with Crippen molar-refractivity contribution >= 4 is 0 Å². The molecular formula is C16H29N3O2. The molecule has 2 heterocycles. The van der Waals surface area contributed by atoms with Crippen LogP contribution in [0.15, 0.2) is 10.6 Å². The third kappa shape index (κ3) is 5.09. The lowest BCUT2D eigenvalue weighted by molar-refractivity contribution is 0.00403. The summed E-state index contributed by atoms with van der Waals surface area (Å²) < 4.78 is 11.7. The van der Waals surface area contributed by atoms with Crippen molar-refractivity contribution in [3.63, 3.8) is 0 Å².